The molecule has 8 nitrogen and oxygen atoms in total. The summed E-state index contributed by atoms with van der Waals surface area (Å²) in [7, 11) is 0. The molecule has 1 N–H and O–H groups in total. The first kappa shape index (κ1) is 17.5. The smallest absolute Gasteiger partial charge is 0.320 e. The molecular weight excluding hydrogens is 316 g/mol. The average molecular weight is 334 g/mol. The topological polar surface area (TPSA) is 112 Å². The van der Waals surface area contributed by atoms with E-state index in [1.54, 1.807) is 26.1 Å². The second-order valence-electron chi connectivity index (χ2n) is 5.06. The Balaban J connectivity index is 2.35. The van der Waals surface area contributed by atoms with Crippen molar-refractivity contribution in [2.24, 2.45) is 5.92 Å². The molecule has 0 radical (unpaired) electrons. The number of ether oxygens (including phenoxy) is 2. The largest absolute Gasteiger partial charge is 0.465 e. The van der Waals surface area contributed by atoms with Gasteiger partial charge in [-0.3, -0.25) is 19.7 Å². The molecular formula is C16H18N2O6. The summed E-state index contributed by atoms with van der Waals surface area (Å²) in [6.45, 7) is 3.59. The predicted octanol–water partition coefficient (Wildman–Crippen LogP) is 2.36. The normalized spacial score (nSPS) is 10.8. The minimum absolute atomic E-state index is 0.0405. The van der Waals surface area contributed by atoms with Crippen LogP contribution in [-0.4, -0.2) is 35.1 Å². The fourth-order valence-corrected chi connectivity index (χ4v) is 2.42. The third-order valence-corrected chi connectivity index (χ3v) is 3.53. The van der Waals surface area contributed by atoms with Crippen molar-refractivity contribution in [1.29, 1.82) is 0 Å². The van der Waals surface area contributed by atoms with Gasteiger partial charge >= 0.3 is 11.9 Å². The quantitative estimate of drug-likeness (QED) is 0.360. The van der Waals surface area contributed by atoms with Crippen molar-refractivity contribution >= 4 is 28.5 Å². The number of nitro groups is 1. The molecule has 0 aliphatic heterocycles. The third-order valence-electron chi connectivity index (χ3n) is 3.53. The summed E-state index contributed by atoms with van der Waals surface area (Å²) in [6.07, 6.45) is 1.67. The van der Waals surface area contributed by atoms with E-state index in [2.05, 4.69) is 4.98 Å². The molecule has 2 aromatic rings. The molecule has 0 spiro atoms. The van der Waals surface area contributed by atoms with Crippen molar-refractivity contribution in [3.63, 3.8) is 0 Å². The van der Waals surface area contributed by atoms with Gasteiger partial charge in [0.1, 0.15) is 0 Å². The summed E-state index contributed by atoms with van der Waals surface area (Å²) in [5.74, 6) is -2.45. The highest BCUT2D eigenvalue weighted by atomic mass is 16.6. The van der Waals surface area contributed by atoms with Gasteiger partial charge in [-0.1, -0.05) is 0 Å². The maximum atomic E-state index is 12.1. The van der Waals surface area contributed by atoms with Gasteiger partial charge in [0.2, 0.25) is 0 Å². The lowest BCUT2D eigenvalue weighted by atomic mass is 9.98. The van der Waals surface area contributed by atoms with Crippen LogP contribution in [-0.2, 0) is 25.5 Å². The summed E-state index contributed by atoms with van der Waals surface area (Å²) in [4.78, 5) is 37.5. The van der Waals surface area contributed by atoms with Gasteiger partial charge in [-0.2, -0.15) is 0 Å². The van der Waals surface area contributed by atoms with E-state index in [4.69, 9.17) is 9.47 Å². The highest BCUT2D eigenvalue weighted by Crippen LogP contribution is 2.26. The number of carbonyl (C=O) groups is 2. The first-order valence-electron chi connectivity index (χ1n) is 7.55. The molecule has 0 saturated carbocycles. The molecule has 0 aliphatic carbocycles. The Kier molecular flexibility index (Phi) is 5.51. The van der Waals surface area contributed by atoms with E-state index < -0.39 is 22.8 Å². The number of hydrogen-bond donors (Lipinski definition) is 1. The number of hydrogen-bond acceptors (Lipinski definition) is 6. The molecule has 0 fully saturated rings. The monoisotopic (exact) mass is 334 g/mol. The van der Waals surface area contributed by atoms with E-state index in [0.29, 0.717) is 16.5 Å². The van der Waals surface area contributed by atoms with Gasteiger partial charge in [0.25, 0.3) is 5.69 Å². The van der Waals surface area contributed by atoms with Crippen LogP contribution in [0.15, 0.2) is 24.4 Å². The summed E-state index contributed by atoms with van der Waals surface area (Å²) < 4.78 is 9.87. The van der Waals surface area contributed by atoms with Crippen molar-refractivity contribution in [2.75, 3.05) is 13.2 Å². The SMILES string of the molecule is CCOC(=O)C(Cc1c[nH]c2ccc([N+](=O)[O-])cc12)C(=O)OCC. The summed E-state index contributed by atoms with van der Waals surface area (Å²) >= 11 is 0. The number of fused-ring (bicyclic) bond motifs is 1. The molecule has 0 saturated heterocycles. The number of rotatable bonds is 7. The first-order chi connectivity index (χ1) is 11.5. The van der Waals surface area contributed by atoms with Gasteiger partial charge < -0.3 is 14.5 Å². The number of nitro benzene ring substituents is 1. The Bertz CT molecular complexity index is 749. The molecule has 24 heavy (non-hydrogen) atoms. The number of nitrogens with zero attached hydrogens (tertiary/aromatic N) is 1. The number of nitrogens with one attached hydrogen (secondary N) is 1. The number of aromatic nitrogens is 1. The Hall–Kier alpha value is -2.90. The van der Waals surface area contributed by atoms with Gasteiger partial charge in [-0.05, 0) is 31.9 Å². The van der Waals surface area contributed by atoms with E-state index in [9.17, 15) is 19.7 Å². The van der Waals surface area contributed by atoms with Crippen LogP contribution < -0.4 is 0 Å². The summed E-state index contributed by atoms with van der Waals surface area (Å²) in [6, 6.07) is 4.38. The van der Waals surface area contributed by atoms with Gasteiger partial charge in [0.05, 0.1) is 18.1 Å². The molecule has 0 unspecified atom stereocenters. The molecule has 0 atom stereocenters. The van der Waals surface area contributed by atoms with Gasteiger partial charge in [0.15, 0.2) is 5.92 Å². The molecule has 1 aromatic heterocycles. The van der Waals surface area contributed by atoms with Crippen molar-refractivity contribution in [3.05, 3.63) is 40.1 Å². The van der Waals surface area contributed by atoms with E-state index in [0.717, 1.165) is 0 Å². The van der Waals surface area contributed by atoms with Crippen LogP contribution in [0.2, 0.25) is 0 Å². The maximum Gasteiger partial charge on any atom is 0.320 e. The van der Waals surface area contributed by atoms with Gasteiger partial charge in [0, 0.05) is 29.2 Å². The van der Waals surface area contributed by atoms with Crippen LogP contribution >= 0.6 is 0 Å². The van der Waals surface area contributed by atoms with Crippen molar-refractivity contribution < 1.29 is 24.0 Å². The van der Waals surface area contributed by atoms with Crippen LogP contribution in [0.3, 0.4) is 0 Å². The zero-order valence-corrected chi connectivity index (χ0v) is 13.4. The number of esters is 2. The highest BCUT2D eigenvalue weighted by Gasteiger charge is 2.30. The summed E-state index contributed by atoms with van der Waals surface area (Å²) in [5.41, 5.74) is 1.23. The standard InChI is InChI=1S/C16H18N2O6/c1-3-23-15(19)13(16(20)24-4-2)7-10-9-17-14-6-5-11(18(21)22)8-12(10)14/h5-6,8-9,13,17H,3-4,7H2,1-2H3. The second kappa shape index (κ2) is 7.58. The molecule has 1 aromatic carbocycles. The molecule has 8 heteroatoms. The van der Waals surface area contributed by atoms with Crippen LogP contribution in [0.1, 0.15) is 19.4 Å². The molecule has 1 heterocycles. The van der Waals surface area contributed by atoms with Crippen molar-refractivity contribution in [2.45, 2.75) is 20.3 Å². The number of non-ortho nitro benzene ring substituents is 1. The number of carbonyl (C=O) groups excluding carboxylic acids is 2. The Morgan fingerprint density at radius 1 is 1.21 bits per heavy atom. The van der Waals surface area contributed by atoms with E-state index in [1.165, 1.54) is 12.1 Å². The zero-order valence-electron chi connectivity index (χ0n) is 13.4. The third kappa shape index (κ3) is 3.70. The fourth-order valence-electron chi connectivity index (χ4n) is 2.42. The Morgan fingerprint density at radius 3 is 2.38 bits per heavy atom. The van der Waals surface area contributed by atoms with Crippen LogP contribution in [0.25, 0.3) is 10.9 Å². The first-order valence-corrected chi connectivity index (χ1v) is 7.55. The highest BCUT2D eigenvalue weighted by molar-refractivity contribution is 5.96. The van der Waals surface area contributed by atoms with Gasteiger partial charge in [-0.15, -0.1) is 0 Å². The minimum Gasteiger partial charge on any atom is -0.465 e. The zero-order chi connectivity index (χ0) is 17.7. The minimum atomic E-state index is -1.11. The Labute approximate surface area is 137 Å². The van der Waals surface area contributed by atoms with Gasteiger partial charge in [-0.25, -0.2) is 0 Å². The van der Waals surface area contributed by atoms with E-state index in [1.807, 2.05) is 0 Å². The lowest BCUT2D eigenvalue weighted by Gasteiger charge is -2.13. The number of H-pyrrole nitrogens is 1. The van der Waals surface area contributed by atoms with E-state index >= 15 is 0 Å². The van der Waals surface area contributed by atoms with Crippen LogP contribution in [0.4, 0.5) is 5.69 Å². The second-order valence-corrected chi connectivity index (χ2v) is 5.06. The maximum absolute atomic E-state index is 12.1. The van der Waals surface area contributed by atoms with Crippen LogP contribution in [0.5, 0.6) is 0 Å². The number of benzene rings is 1. The number of aromatic amines is 1. The van der Waals surface area contributed by atoms with E-state index in [-0.39, 0.29) is 25.3 Å². The molecule has 0 amide bonds. The molecule has 0 bridgehead atoms. The lowest BCUT2D eigenvalue weighted by molar-refractivity contribution is -0.384. The predicted molar refractivity (Wildman–Crippen MR) is 85.4 cm³/mol. The average Bonchev–Trinajstić information content (AvgIpc) is 2.95. The molecule has 128 valence electrons. The van der Waals surface area contributed by atoms with Crippen molar-refractivity contribution in [3.8, 4) is 0 Å². The summed E-state index contributed by atoms with van der Waals surface area (Å²) in [5, 5.41) is 11.5. The van der Waals surface area contributed by atoms with Crippen molar-refractivity contribution in [1.82, 2.24) is 4.98 Å². The molecule has 2 rings (SSSR count). The molecule has 0 aliphatic rings. The van der Waals surface area contributed by atoms with Crippen LogP contribution in [0, 0.1) is 16.0 Å². The Morgan fingerprint density at radius 2 is 1.83 bits per heavy atom. The fraction of sp³-hybridized carbons (Fsp3) is 0.375. The lowest BCUT2D eigenvalue weighted by Crippen LogP contribution is -2.30.